The van der Waals surface area contributed by atoms with Crippen molar-refractivity contribution in [1.29, 1.82) is 0 Å². The summed E-state index contributed by atoms with van der Waals surface area (Å²) in [7, 11) is 0. The molecule has 9 heteroatoms. The number of aryl methyl sites for hydroxylation is 1. The number of nitrogens with one attached hydrogen (secondary N) is 1. The van der Waals surface area contributed by atoms with Crippen LogP contribution in [0.2, 0.25) is 0 Å². The van der Waals surface area contributed by atoms with Gasteiger partial charge in [0.05, 0.1) is 11.0 Å². The molecule has 1 fully saturated rings. The number of fused-ring (bicyclic) bond motifs is 1. The number of hydrogen-bond donors (Lipinski definition) is 1. The Morgan fingerprint density at radius 3 is 2.48 bits per heavy atom. The molecule has 2 heterocycles. The Kier molecular flexibility index (Phi) is 3.31. The van der Waals surface area contributed by atoms with Crippen LogP contribution in [0.1, 0.15) is 24.4 Å². The normalized spacial score (nSPS) is 19.2. The third-order valence-electron chi connectivity index (χ3n) is 3.80. The maximum Gasteiger partial charge on any atom is 0.493 e. The molecule has 0 radical (unpaired) electrons. The second-order valence-electron chi connectivity index (χ2n) is 5.41. The number of rotatable bonds is 1. The van der Waals surface area contributed by atoms with Gasteiger partial charge in [-0.1, -0.05) is 6.07 Å². The zero-order valence-corrected chi connectivity index (χ0v) is 12.0. The van der Waals surface area contributed by atoms with E-state index >= 15 is 0 Å². The van der Waals surface area contributed by atoms with Crippen LogP contribution >= 0.6 is 0 Å². The molecule has 23 heavy (non-hydrogen) atoms. The van der Waals surface area contributed by atoms with E-state index < -0.39 is 29.8 Å². The van der Waals surface area contributed by atoms with Gasteiger partial charge in [-0.2, -0.15) is 0 Å². The number of halogens is 3. The minimum atomic E-state index is -4.91. The van der Waals surface area contributed by atoms with Crippen LogP contribution in [0.15, 0.2) is 23.0 Å². The fourth-order valence-electron chi connectivity index (χ4n) is 2.80. The van der Waals surface area contributed by atoms with Gasteiger partial charge in [-0.05, 0) is 31.0 Å². The average molecular weight is 327 g/mol. The number of hydrogen-bond acceptors (Lipinski definition) is 3. The zero-order valence-electron chi connectivity index (χ0n) is 12.0. The van der Waals surface area contributed by atoms with Crippen molar-refractivity contribution in [3.05, 3.63) is 34.2 Å². The summed E-state index contributed by atoms with van der Waals surface area (Å²) >= 11 is 0. The highest BCUT2D eigenvalue weighted by molar-refractivity contribution is 6.00. The highest BCUT2D eigenvalue weighted by atomic mass is 19.4. The maximum atomic E-state index is 13.2. The lowest BCUT2D eigenvalue weighted by Gasteiger charge is -2.21. The number of aromatic nitrogens is 2. The maximum absolute atomic E-state index is 13.2. The highest BCUT2D eigenvalue weighted by Gasteiger charge is 2.39. The Morgan fingerprint density at radius 1 is 1.17 bits per heavy atom. The summed E-state index contributed by atoms with van der Waals surface area (Å²) < 4.78 is 40.3. The van der Waals surface area contributed by atoms with Gasteiger partial charge in [-0.3, -0.25) is 19.5 Å². The van der Waals surface area contributed by atoms with Crippen molar-refractivity contribution in [1.82, 2.24) is 14.5 Å². The van der Waals surface area contributed by atoms with Gasteiger partial charge in [0.15, 0.2) is 0 Å². The van der Waals surface area contributed by atoms with Crippen molar-refractivity contribution in [2.24, 2.45) is 0 Å². The summed E-state index contributed by atoms with van der Waals surface area (Å²) in [5, 5.41) is 2.05. The van der Waals surface area contributed by atoms with E-state index in [9.17, 15) is 27.6 Å². The first-order valence-corrected chi connectivity index (χ1v) is 6.84. The molecule has 2 amide bonds. The average Bonchev–Trinajstić information content (AvgIpc) is 2.70. The third-order valence-corrected chi connectivity index (χ3v) is 3.80. The second-order valence-corrected chi connectivity index (χ2v) is 5.41. The molecule has 1 atom stereocenters. The van der Waals surface area contributed by atoms with Gasteiger partial charge in [0.2, 0.25) is 11.8 Å². The van der Waals surface area contributed by atoms with Crippen molar-refractivity contribution in [2.45, 2.75) is 32.1 Å². The fourth-order valence-corrected chi connectivity index (χ4v) is 2.80. The lowest BCUT2D eigenvalue weighted by atomic mass is 10.1. The van der Waals surface area contributed by atoms with Crippen molar-refractivity contribution >= 4 is 22.8 Å². The lowest BCUT2D eigenvalue weighted by molar-refractivity contribution is -0.203. The molecular formula is C14H12F3N3O3. The number of imidazole rings is 1. The van der Waals surface area contributed by atoms with Crippen molar-refractivity contribution < 1.29 is 22.8 Å². The van der Waals surface area contributed by atoms with Gasteiger partial charge in [0.1, 0.15) is 6.04 Å². The summed E-state index contributed by atoms with van der Waals surface area (Å²) in [4.78, 5) is 35.5. The van der Waals surface area contributed by atoms with E-state index in [2.05, 4.69) is 5.32 Å². The highest BCUT2D eigenvalue weighted by Crippen LogP contribution is 2.29. The van der Waals surface area contributed by atoms with Crippen LogP contribution in [0.5, 0.6) is 0 Å². The van der Waals surface area contributed by atoms with E-state index in [-0.39, 0.29) is 28.4 Å². The minimum Gasteiger partial charge on any atom is -0.295 e. The quantitative estimate of drug-likeness (QED) is 0.808. The molecule has 3 rings (SSSR count). The molecule has 122 valence electrons. The number of carbonyl (C=O) groups is 2. The molecule has 2 aromatic rings. The van der Waals surface area contributed by atoms with Gasteiger partial charge in [0.25, 0.3) is 0 Å². The van der Waals surface area contributed by atoms with Gasteiger partial charge in [-0.15, -0.1) is 13.2 Å². The molecule has 0 bridgehead atoms. The standard InChI is InChI=1S/C14H12F3N3O3/c1-7-2-3-8-10(6-7)20(14(15,16)17)13(23)19(8)9-4-5-11(21)18-12(9)22/h2-3,6,9H,4-5H2,1H3,(H,18,21,22). The van der Waals surface area contributed by atoms with Gasteiger partial charge >= 0.3 is 12.0 Å². The van der Waals surface area contributed by atoms with E-state index in [0.29, 0.717) is 5.56 Å². The Labute approximate surface area is 127 Å². The third kappa shape index (κ3) is 2.41. The number of amides is 2. The molecule has 0 spiro atoms. The minimum absolute atomic E-state index is 0.00687. The number of imide groups is 1. The van der Waals surface area contributed by atoms with Crippen molar-refractivity contribution in [3.8, 4) is 0 Å². The molecule has 1 aliphatic rings. The fraction of sp³-hybridized carbons (Fsp3) is 0.357. The summed E-state index contributed by atoms with van der Waals surface area (Å²) in [6.07, 6.45) is -4.96. The summed E-state index contributed by atoms with van der Waals surface area (Å²) in [6.45, 7) is 1.61. The topological polar surface area (TPSA) is 73.1 Å². The smallest absolute Gasteiger partial charge is 0.295 e. The Bertz CT molecular complexity index is 879. The van der Waals surface area contributed by atoms with Crippen LogP contribution in [0.25, 0.3) is 11.0 Å². The van der Waals surface area contributed by atoms with Gasteiger partial charge in [-0.25, -0.2) is 9.36 Å². The van der Waals surface area contributed by atoms with Gasteiger partial charge in [0, 0.05) is 6.42 Å². The molecule has 1 aromatic carbocycles. The largest absolute Gasteiger partial charge is 0.493 e. The van der Waals surface area contributed by atoms with E-state index in [0.717, 1.165) is 4.57 Å². The van der Waals surface area contributed by atoms with Crippen LogP contribution < -0.4 is 11.0 Å². The molecule has 6 nitrogen and oxygen atoms in total. The molecule has 1 saturated heterocycles. The number of alkyl halides is 3. The molecular weight excluding hydrogens is 315 g/mol. The monoisotopic (exact) mass is 327 g/mol. The zero-order chi connectivity index (χ0) is 16.9. The van der Waals surface area contributed by atoms with E-state index in [4.69, 9.17) is 0 Å². The predicted octanol–water partition coefficient (Wildman–Crippen LogP) is 1.57. The number of carbonyl (C=O) groups excluding carboxylic acids is 2. The van der Waals surface area contributed by atoms with E-state index in [1.54, 1.807) is 13.0 Å². The molecule has 1 aliphatic heterocycles. The van der Waals surface area contributed by atoms with Crippen LogP contribution in [0.4, 0.5) is 13.2 Å². The van der Waals surface area contributed by atoms with Gasteiger partial charge < -0.3 is 0 Å². The van der Waals surface area contributed by atoms with Crippen molar-refractivity contribution in [3.63, 3.8) is 0 Å². The Hall–Kier alpha value is -2.58. The summed E-state index contributed by atoms with van der Waals surface area (Å²) in [5.41, 5.74) is -1.09. The van der Waals surface area contributed by atoms with Crippen LogP contribution in [-0.2, 0) is 15.9 Å². The SMILES string of the molecule is Cc1ccc2c(c1)n(C(F)(F)F)c(=O)n2C1CCC(=O)NC1=O. The molecule has 1 aromatic heterocycles. The molecule has 0 aliphatic carbocycles. The van der Waals surface area contributed by atoms with Crippen molar-refractivity contribution in [2.75, 3.05) is 0 Å². The first-order chi connectivity index (χ1) is 10.7. The van der Waals surface area contributed by atoms with Crippen LogP contribution in [0.3, 0.4) is 0 Å². The summed E-state index contributed by atoms with van der Waals surface area (Å²) in [6, 6.07) is 3.03. The molecule has 0 saturated carbocycles. The lowest BCUT2D eigenvalue weighted by Crippen LogP contribution is -2.45. The van der Waals surface area contributed by atoms with Crippen LogP contribution in [-0.4, -0.2) is 20.9 Å². The first-order valence-electron chi connectivity index (χ1n) is 6.84. The number of piperidine rings is 1. The predicted molar refractivity (Wildman–Crippen MR) is 73.7 cm³/mol. The first kappa shape index (κ1) is 15.3. The summed E-state index contributed by atoms with van der Waals surface area (Å²) in [5.74, 6) is -1.28. The molecule has 1 N–H and O–H groups in total. The van der Waals surface area contributed by atoms with E-state index in [1.165, 1.54) is 12.1 Å². The molecule has 1 unspecified atom stereocenters. The Balaban J connectivity index is 2.30. The van der Waals surface area contributed by atoms with Crippen LogP contribution in [0, 0.1) is 6.92 Å². The number of benzene rings is 1. The Morgan fingerprint density at radius 2 is 1.87 bits per heavy atom. The van der Waals surface area contributed by atoms with E-state index in [1.807, 2.05) is 0 Å². The number of nitrogens with zero attached hydrogens (tertiary/aromatic N) is 2. The second kappa shape index (κ2) is 4.97.